The lowest BCUT2D eigenvalue weighted by atomic mass is 10.2. The number of amides is 1. The third-order valence-corrected chi connectivity index (χ3v) is 4.17. The summed E-state index contributed by atoms with van der Waals surface area (Å²) >= 11 is 5.92. The molecule has 0 fully saturated rings. The molecule has 3 rings (SSSR count). The van der Waals surface area contributed by atoms with Gasteiger partial charge in [0.2, 0.25) is 0 Å². The molecular weight excluding hydrogens is 387 g/mol. The number of carbonyl (C=O) groups is 2. The molecule has 1 aromatic heterocycles. The summed E-state index contributed by atoms with van der Waals surface area (Å²) in [5.41, 5.74) is 7.34. The van der Waals surface area contributed by atoms with E-state index in [9.17, 15) is 14.0 Å². The van der Waals surface area contributed by atoms with E-state index in [0.717, 1.165) is 6.07 Å². The molecule has 0 spiro atoms. The fourth-order valence-corrected chi connectivity index (χ4v) is 2.68. The monoisotopic (exact) mass is 402 g/mol. The standard InChI is InChI=1S/C19H16ClFN4O3/c1-2-28-19(27)14-10-23-25(17(14)22)13-6-3-11(4-7-13)18(26)24-16-8-5-12(21)9-15(16)20/h3-10H,2,22H2,1H3,(H,24,26). The summed E-state index contributed by atoms with van der Waals surface area (Å²) in [4.78, 5) is 24.2. The lowest BCUT2D eigenvalue weighted by Crippen LogP contribution is -2.12. The minimum atomic E-state index is -0.557. The number of rotatable bonds is 5. The number of aromatic nitrogens is 2. The van der Waals surface area contributed by atoms with Crippen molar-refractivity contribution in [1.82, 2.24) is 9.78 Å². The number of hydrogen-bond acceptors (Lipinski definition) is 5. The molecule has 28 heavy (non-hydrogen) atoms. The first kappa shape index (κ1) is 19.4. The van der Waals surface area contributed by atoms with E-state index in [2.05, 4.69) is 10.4 Å². The highest BCUT2D eigenvalue weighted by molar-refractivity contribution is 6.33. The van der Waals surface area contributed by atoms with E-state index >= 15 is 0 Å². The van der Waals surface area contributed by atoms with Gasteiger partial charge in [0, 0.05) is 5.56 Å². The number of ether oxygens (including phenoxy) is 1. The fourth-order valence-electron chi connectivity index (χ4n) is 2.47. The van der Waals surface area contributed by atoms with Gasteiger partial charge in [-0.1, -0.05) is 11.6 Å². The van der Waals surface area contributed by atoms with E-state index in [1.54, 1.807) is 31.2 Å². The van der Waals surface area contributed by atoms with Crippen LogP contribution < -0.4 is 11.1 Å². The van der Waals surface area contributed by atoms with Crippen molar-refractivity contribution in [3.05, 3.63) is 70.6 Å². The first-order chi connectivity index (χ1) is 13.4. The second-order valence-corrected chi connectivity index (χ2v) is 6.11. The number of nitrogens with zero attached hydrogens (tertiary/aromatic N) is 2. The Hall–Kier alpha value is -3.39. The van der Waals surface area contributed by atoms with Crippen molar-refractivity contribution in [2.24, 2.45) is 0 Å². The maximum absolute atomic E-state index is 13.1. The third-order valence-electron chi connectivity index (χ3n) is 3.86. The summed E-state index contributed by atoms with van der Waals surface area (Å²) in [5.74, 6) is -1.33. The average Bonchev–Trinajstić information content (AvgIpc) is 3.06. The highest BCUT2D eigenvalue weighted by Gasteiger charge is 2.17. The van der Waals surface area contributed by atoms with Gasteiger partial charge >= 0.3 is 5.97 Å². The van der Waals surface area contributed by atoms with Crippen molar-refractivity contribution in [3.63, 3.8) is 0 Å². The number of hydrogen-bond donors (Lipinski definition) is 2. The molecule has 1 heterocycles. The van der Waals surface area contributed by atoms with Crippen LogP contribution in [0.4, 0.5) is 15.9 Å². The molecule has 0 aliphatic carbocycles. The second-order valence-electron chi connectivity index (χ2n) is 5.70. The lowest BCUT2D eigenvalue weighted by Gasteiger charge is -2.09. The number of benzene rings is 2. The van der Waals surface area contributed by atoms with Crippen molar-refractivity contribution >= 4 is 35.0 Å². The smallest absolute Gasteiger partial charge is 0.343 e. The highest BCUT2D eigenvalue weighted by Crippen LogP contribution is 2.23. The molecule has 2 aromatic carbocycles. The van der Waals surface area contributed by atoms with Crippen LogP contribution in [0.1, 0.15) is 27.6 Å². The molecule has 0 atom stereocenters. The third kappa shape index (κ3) is 3.96. The van der Waals surface area contributed by atoms with Crippen LogP contribution in [-0.2, 0) is 4.74 Å². The molecule has 0 radical (unpaired) electrons. The summed E-state index contributed by atoms with van der Waals surface area (Å²) in [7, 11) is 0. The summed E-state index contributed by atoms with van der Waals surface area (Å²) in [5, 5.41) is 6.80. The van der Waals surface area contributed by atoms with E-state index in [1.807, 2.05) is 0 Å². The minimum absolute atomic E-state index is 0.0979. The molecule has 3 N–H and O–H groups in total. The number of carbonyl (C=O) groups excluding carboxylic acids is 2. The van der Waals surface area contributed by atoms with Crippen molar-refractivity contribution in [3.8, 4) is 5.69 Å². The molecule has 0 unspecified atom stereocenters. The summed E-state index contributed by atoms with van der Waals surface area (Å²) in [6.45, 7) is 1.92. The molecule has 1 amide bonds. The van der Waals surface area contributed by atoms with Crippen molar-refractivity contribution < 1.29 is 18.7 Å². The van der Waals surface area contributed by atoms with E-state index < -0.39 is 17.7 Å². The fraction of sp³-hybridized carbons (Fsp3) is 0.105. The Kier molecular flexibility index (Phi) is 5.60. The number of nitrogen functional groups attached to an aromatic ring is 1. The molecule has 0 saturated carbocycles. The zero-order chi connectivity index (χ0) is 20.3. The first-order valence-corrected chi connectivity index (χ1v) is 8.66. The number of halogens is 2. The second kappa shape index (κ2) is 8.10. The normalized spacial score (nSPS) is 10.5. The predicted molar refractivity (Wildman–Crippen MR) is 103 cm³/mol. The SMILES string of the molecule is CCOC(=O)c1cnn(-c2ccc(C(=O)Nc3ccc(F)cc3Cl)cc2)c1N. The zero-order valence-electron chi connectivity index (χ0n) is 14.8. The van der Waals surface area contributed by atoms with Crippen LogP contribution in [-0.4, -0.2) is 28.3 Å². The van der Waals surface area contributed by atoms with Crippen LogP contribution in [0.2, 0.25) is 5.02 Å². The molecule has 3 aromatic rings. The van der Waals surface area contributed by atoms with E-state index in [0.29, 0.717) is 16.9 Å². The minimum Gasteiger partial charge on any atom is -0.462 e. The summed E-state index contributed by atoms with van der Waals surface area (Å²) in [6.07, 6.45) is 1.32. The largest absolute Gasteiger partial charge is 0.462 e. The number of esters is 1. The molecule has 144 valence electrons. The Labute approximate surface area is 164 Å². The zero-order valence-corrected chi connectivity index (χ0v) is 15.5. The van der Waals surface area contributed by atoms with Gasteiger partial charge in [0.25, 0.3) is 5.91 Å². The van der Waals surface area contributed by atoms with Gasteiger partial charge in [-0.15, -0.1) is 0 Å². The molecule has 0 aliphatic heterocycles. The predicted octanol–water partition coefficient (Wildman–Crippen LogP) is 3.68. The van der Waals surface area contributed by atoms with E-state index in [4.69, 9.17) is 22.1 Å². The first-order valence-electron chi connectivity index (χ1n) is 8.28. The molecule has 0 saturated heterocycles. The van der Waals surface area contributed by atoms with Crippen molar-refractivity contribution in [2.45, 2.75) is 6.92 Å². The van der Waals surface area contributed by atoms with E-state index in [-0.39, 0.29) is 23.0 Å². The highest BCUT2D eigenvalue weighted by atomic mass is 35.5. The maximum atomic E-state index is 13.1. The Morgan fingerprint density at radius 3 is 2.61 bits per heavy atom. The van der Waals surface area contributed by atoms with Crippen LogP contribution in [0, 0.1) is 5.82 Å². The van der Waals surface area contributed by atoms with Gasteiger partial charge in [0.1, 0.15) is 17.2 Å². The summed E-state index contributed by atoms with van der Waals surface area (Å²) < 4.78 is 19.4. The van der Waals surface area contributed by atoms with Crippen LogP contribution >= 0.6 is 11.6 Å². The van der Waals surface area contributed by atoms with Gasteiger partial charge in [-0.3, -0.25) is 4.79 Å². The number of anilines is 2. The van der Waals surface area contributed by atoms with Gasteiger partial charge < -0.3 is 15.8 Å². The van der Waals surface area contributed by atoms with Crippen LogP contribution in [0.5, 0.6) is 0 Å². The molecule has 0 bridgehead atoms. The average molecular weight is 403 g/mol. The molecule has 9 heteroatoms. The topological polar surface area (TPSA) is 99.2 Å². The van der Waals surface area contributed by atoms with E-state index in [1.165, 1.54) is 23.0 Å². The van der Waals surface area contributed by atoms with Crippen LogP contribution in [0.15, 0.2) is 48.7 Å². The Morgan fingerprint density at radius 1 is 1.25 bits per heavy atom. The number of nitrogens with two attached hydrogens (primary N) is 1. The van der Waals surface area contributed by atoms with Gasteiger partial charge in [-0.25, -0.2) is 13.9 Å². The van der Waals surface area contributed by atoms with Gasteiger partial charge in [-0.2, -0.15) is 5.10 Å². The molecular formula is C19H16ClFN4O3. The van der Waals surface area contributed by atoms with Crippen LogP contribution in [0.3, 0.4) is 0 Å². The molecule has 7 nitrogen and oxygen atoms in total. The molecule has 0 aliphatic rings. The lowest BCUT2D eigenvalue weighted by molar-refractivity contribution is 0.0527. The van der Waals surface area contributed by atoms with Crippen molar-refractivity contribution in [2.75, 3.05) is 17.7 Å². The van der Waals surface area contributed by atoms with Gasteiger partial charge in [-0.05, 0) is 49.4 Å². The van der Waals surface area contributed by atoms with Crippen molar-refractivity contribution in [1.29, 1.82) is 0 Å². The Morgan fingerprint density at radius 2 is 1.96 bits per heavy atom. The van der Waals surface area contributed by atoms with Crippen LogP contribution in [0.25, 0.3) is 5.69 Å². The Bertz CT molecular complexity index is 1030. The summed E-state index contributed by atoms with van der Waals surface area (Å²) in [6, 6.07) is 10.1. The maximum Gasteiger partial charge on any atom is 0.343 e. The van der Waals surface area contributed by atoms with Gasteiger partial charge in [0.05, 0.1) is 29.2 Å². The van der Waals surface area contributed by atoms with Gasteiger partial charge in [0.15, 0.2) is 0 Å². The Balaban J connectivity index is 1.78. The quantitative estimate of drug-likeness (QED) is 0.634. The number of nitrogens with one attached hydrogen (secondary N) is 1.